The van der Waals surface area contributed by atoms with Crippen molar-refractivity contribution in [3.05, 3.63) is 24.3 Å². The SMILES string of the molecule is CC[C@H](C)CSc1nc2ccccc2[nH]1. The first-order chi connectivity index (χ1) is 7.29. The van der Waals surface area contributed by atoms with Gasteiger partial charge in [-0.05, 0) is 18.1 Å². The molecule has 15 heavy (non-hydrogen) atoms. The molecular formula is C12H16N2S. The quantitative estimate of drug-likeness (QED) is 0.796. The molecule has 1 aromatic carbocycles. The lowest BCUT2D eigenvalue weighted by Crippen LogP contribution is -1.95. The van der Waals surface area contributed by atoms with Crippen molar-refractivity contribution in [2.45, 2.75) is 25.4 Å². The molecule has 0 amide bonds. The number of H-pyrrole nitrogens is 1. The summed E-state index contributed by atoms with van der Waals surface area (Å²) in [5.74, 6) is 1.89. The highest BCUT2D eigenvalue weighted by molar-refractivity contribution is 7.99. The monoisotopic (exact) mass is 220 g/mol. The van der Waals surface area contributed by atoms with Crippen molar-refractivity contribution >= 4 is 22.8 Å². The van der Waals surface area contributed by atoms with E-state index in [1.165, 1.54) is 6.42 Å². The highest BCUT2D eigenvalue weighted by Gasteiger charge is 2.04. The van der Waals surface area contributed by atoms with E-state index in [0.717, 1.165) is 27.9 Å². The molecule has 1 atom stereocenters. The standard InChI is InChI=1S/C12H16N2S/c1-3-9(2)8-15-12-13-10-6-4-5-7-11(10)14-12/h4-7,9H,3,8H2,1-2H3,(H,13,14)/t9-/m0/s1. The summed E-state index contributed by atoms with van der Waals surface area (Å²) in [6, 6.07) is 8.16. The van der Waals surface area contributed by atoms with E-state index in [9.17, 15) is 0 Å². The van der Waals surface area contributed by atoms with Gasteiger partial charge in [0.25, 0.3) is 0 Å². The van der Waals surface area contributed by atoms with Crippen LogP contribution < -0.4 is 0 Å². The Labute approximate surface area is 94.5 Å². The number of nitrogens with zero attached hydrogens (tertiary/aromatic N) is 1. The molecule has 1 N–H and O–H groups in total. The van der Waals surface area contributed by atoms with Crippen LogP contribution in [0, 0.1) is 5.92 Å². The van der Waals surface area contributed by atoms with Gasteiger partial charge in [-0.3, -0.25) is 0 Å². The van der Waals surface area contributed by atoms with Gasteiger partial charge in [0.15, 0.2) is 5.16 Å². The maximum Gasteiger partial charge on any atom is 0.166 e. The molecule has 0 aliphatic carbocycles. The normalized spacial score (nSPS) is 13.2. The van der Waals surface area contributed by atoms with Gasteiger partial charge in [0.05, 0.1) is 11.0 Å². The molecule has 0 aliphatic heterocycles. The number of nitrogens with one attached hydrogen (secondary N) is 1. The van der Waals surface area contributed by atoms with Crippen LogP contribution in [0.3, 0.4) is 0 Å². The van der Waals surface area contributed by atoms with Gasteiger partial charge in [0.2, 0.25) is 0 Å². The van der Waals surface area contributed by atoms with Crippen LogP contribution >= 0.6 is 11.8 Å². The van der Waals surface area contributed by atoms with Gasteiger partial charge in [-0.15, -0.1) is 0 Å². The fraction of sp³-hybridized carbons (Fsp3) is 0.417. The average molecular weight is 220 g/mol. The molecule has 0 fully saturated rings. The summed E-state index contributed by atoms with van der Waals surface area (Å²) >= 11 is 1.81. The molecule has 80 valence electrons. The third kappa shape index (κ3) is 2.53. The van der Waals surface area contributed by atoms with Crippen LogP contribution in [0.5, 0.6) is 0 Å². The molecule has 0 radical (unpaired) electrons. The molecule has 2 rings (SSSR count). The second kappa shape index (κ2) is 4.71. The molecule has 0 unspecified atom stereocenters. The predicted molar refractivity (Wildman–Crippen MR) is 66.3 cm³/mol. The number of thioether (sulfide) groups is 1. The summed E-state index contributed by atoms with van der Waals surface area (Å²) in [7, 11) is 0. The largest absolute Gasteiger partial charge is 0.333 e. The summed E-state index contributed by atoms with van der Waals surface area (Å²) in [5, 5.41) is 1.04. The molecule has 3 heteroatoms. The van der Waals surface area contributed by atoms with E-state index in [0.29, 0.717) is 0 Å². The lowest BCUT2D eigenvalue weighted by Gasteiger charge is -2.04. The van der Waals surface area contributed by atoms with Crippen molar-refractivity contribution in [2.24, 2.45) is 5.92 Å². The van der Waals surface area contributed by atoms with E-state index in [1.807, 2.05) is 30.0 Å². The first kappa shape index (κ1) is 10.6. The van der Waals surface area contributed by atoms with Crippen LogP contribution in [0.25, 0.3) is 11.0 Å². The molecule has 0 aliphatic rings. The lowest BCUT2D eigenvalue weighted by atomic mass is 10.2. The molecule has 1 heterocycles. The third-order valence-electron chi connectivity index (χ3n) is 2.57. The Balaban J connectivity index is 2.09. The Hall–Kier alpha value is -0.960. The molecule has 0 saturated heterocycles. The zero-order valence-corrected chi connectivity index (χ0v) is 9.97. The van der Waals surface area contributed by atoms with E-state index < -0.39 is 0 Å². The first-order valence-corrected chi connectivity index (χ1v) is 6.35. The van der Waals surface area contributed by atoms with Gasteiger partial charge in [-0.2, -0.15) is 0 Å². The van der Waals surface area contributed by atoms with Crippen molar-refractivity contribution in [1.82, 2.24) is 9.97 Å². The first-order valence-electron chi connectivity index (χ1n) is 5.37. The van der Waals surface area contributed by atoms with Gasteiger partial charge < -0.3 is 4.98 Å². The number of benzene rings is 1. The molecule has 2 nitrogen and oxygen atoms in total. The van der Waals surface area contributed by atoms with Gasteiger partial charge in [0.1, 0.15) is 0 Å². The molecule has 0 bridgehead atoms. The molecule has 1 aromatic heterocycles. The Morgan fingerprint density at radius 3 is 2.93 bits per heavy atom. The number of aromatic amines is 1. The summed E-state index contributed by atoms with van der Waals surface area (Å²) in [5.41, 5.74) is 2.19. The lowest BCUT2D eigenvalue weighted by molar-refractivity contribution is 0.636. The van der Waals surface area contributed by atoms with Crippen LogP contribution in [-0.2, 0) is 0 Å². The number of hydrogen-bond donors (Lipinski definition) is 1. The van der Waals surface area contributed by atoms with Gasteiger partial charge in [-0.25, -0.2) is 4.98 Å². The summed E-state index contributed by atoms with van der Waals surface area (Å²) < 4.78 is 0. The van der Waals surface area contributed by atoms with Crippen LogP contribution in [-0.4, -0.2) is 15.7 Å². The minimum atomic E-state index is 0.753. The summed E-state index contributed by atoms with van der Waals surface area (Å²) in [4.78, 5) is 7.85. The van der Waals surface area contributed by atoms with Gasteiger partial charge in [-0.1, -0.05) is 44.2 Å². The number of rotatable bonds is 4. The number of para-hydroxylation sites is 2. The Morgan fingerprint density at radius 1 is 1.40 bits per heavy atom. The minimum Gasteiger partial charge on any atom is -0.333 e. The molecule has 0 saturated carbocycles. The van der Waals surface area contributed by atoms with Crippen molar-refractivity contribution in [3.63, 3.8) is 0 Å². The summed E-state index contributed by atoms with van der Waals surface area (Å²) in [6.45, 7) is 4.50. The van der Waals surface area contributed by atoms with E-state index in [1.54, 1.807) is 0 Å². The average Bonchev–Trinajstić information content (AvgIpc) is 2.68. The Kier molecular flexibility index (Phi) is 3.31. The third-order valence-corrected chi connectivity index (χ3v) is 3.77. The summed E-state index contributed by atoms with van der Waals surface area (Å²) in [6.07, 6.45) is 1.23. The smallest absolute Gasteiger partial charge is 0.166 e. The maximum absolute atomic E-state index is 4.53. The Morgan fingerprint density at radius 2 is 2.20 bits per heavy atom. The highest BCUT2D eigenvalue weighted by Crippen LogP contribution is 2.21. The molecular weight excluding hydrogens is 204 g/mol. The second-order valence-corrected chi connectivity index (χ2v) is 4.89. The zero-order chi connectivity index (χ0) is 10.7. The van der Waals surface area contributed by atoms with Crippen molar-refractivity contribution in [1.29, 1.82) is 0 Å². The van der Waals surface area contributed by atoms with Crippen LogP contribution in [0.1, 0.15) is 20.3 Å². The number of fused-ring (bicyclic) bond motifs is 1. The minimum absolute atomic E-state index is 0.753. The molecule has 2 aromatic rings. The van der Waals surface area contributed by atoms with Crippen molar-refractivity contribution in [3.8, 4) is 0 Å². The Bertz CT molecular complexity index is 403. The number of hydrogen-bond acceptors (Lipinski definition) is 2. The number of imidazole rings is 1. The van der Waals surface area contributed by atoms with E-state index >= 15 is 0 Å². The fourth-order valence-corrected chi connectivity index (χ4v) is 2.36. The van der Waals surface area contributed by atoms with E-state index in [4.69, 9.17) is 0 Å². The van der Waals surface area contributed by atoms with E-state index in [-0.39, 0.29) is 0 Å². The number of aromatic nitrogens is 2. The van der Waals surface area contributed by atoms with Crippen molar-refractivity contribution < 1.29 is 0 Å². The van der Waals surface area contributed by atoms with Crippen LogP contribution in [0.2, 0.25) is 0 Å². The van der Waals surface area contributed by atoms with E-state index in [2.05, 4.69) is 29.9 Å². The fourth-order valence-electron chi connectivity index (χ4n) is 1.34. The second-order valence-electron chi connectivity index (χ2n) is 3.88. The van der Waals surface area contributed by atoms with Crippen molar-refractivity contribution in [2.75, 3.05) is 5.75 Å². The highest BCUT2D eigenvalue weighted by atomic mass is 32.2. The van der Waals surface area contributed by atoms with Crippen LogP contribution in [0.4, 0.5) is 0 Å². The zero-order valence-electron chi connectivity index (χ0n) is 9.16. The van der Waals surface area contributed by atoms with Crippen LogP contribution in [0.15, 0.2) is 29.4 Å². The maximum atomic E-state index is 4.53. The molecule has 0 spiro atoms. The van der Waals surface area contributed by atoms with Gasteiger partial charge in [0, 0.05) is 5.75 Å². The topological polar surface area (TPSA) is 28.7 Å². The van der Waals surface area contributed by atoms with Gasteiger partial charge >= 0.3 is 0 Å². The predicted octanol–water partition coefficient (Wildman–Crippen LogP) is 3.70.